The predicted molar refractivity (Wildman–Crippen MR) is 122 cm³/mol. The molecule has 9 heteroatoms. The van der Waals surface area contributed by atoms with E-state index in [1.807, 2.05) is 23.1 Å². The molecule has 31 heavy (non-hydrogen) atoms. The number of hydrogen-bond acceptors (Lipinski definition) is 6. The molecule has 3 aromatic rings. The van der Waals surface area contributed by atoms with Gasteiger partial charge in [-0.15, -0.1) is 0 Å². The van der Waals surface area contributed by atoms with Gasteiger partial charge in [0.1, 0.15) is 28.1 Å². The molecule has 2 aromatic heterocycles. The third-order valence-electron chi connectivity index (χ3n) is 5.66. The van der Waals surface area contributed by atoms with Crippen LogP contribution in [-0.4, -0.2) is 47.7 Å². The monoisotopic (exact) mass is 457 g/mol. The fraction of sp³-hybridized carbons (Fsp3) is 0.318. The molecule has 160 valence electrons. The first kappa shape index (κ1) is 21.4. The average Bonchev–Trinajstić information content (AvgIpc) is 2.78. The number of nitriles is 1. The third kappa shape index (κ3) is 3.94. The number of ether oxygens (including phenoxy) is 1. The molecule has 0 saturated carbocycles. The molecule has 1 saturated heterocycles. The second-order valence-corrected chi connectivity index (χ2v) is 8.18. The lowest BCUT2D eigenvalue weighted by Crippen LogP contribution is -2.47. The molecule has 0 N–H and O–H groups in total. The fourth-order valence-electron chi connectivity index (χ4n) is 4.02. The van der Waals surface area contributed by atoms with Gasteiger partial charge in [-0.2, -0.15) is 5.26 Å². The smallest absolute Gasteiger partial charge is 0.270 e. The first-order chi connectivity index (χ1) is 14.9. The molecule has 0 spiro atoms. The van der Waals surface area contributed by atoms with Gasteiger partial charge in [-0.3, -0.25) is 9.69 Å². The Labute approximate surface area is 190 Å². The minimum Gasteiger partial charge on any atom is -0.496 e. The minimum atomic E-state index is -0.336. The van der Waals surface area contributed by atoms with Crippen molar-refractivity contribution >= 4 is 39.9 Å². The van der Waals surface area contributed by atoms with Crippen molar-refractivity contribution in [3.05, 3.63) is 62.0 Å². The van der Waals surface area contributed by atoms with Crippen LogP contribution in [0.3, 0.4) is 0 Å². The van der Waals surface area contributed by atoms with Crippen molar-refractivity contribution in [1.82, 2.24) is 14.5 Å². The number of rotatable bonds is 4. The molecule has 0 aliphatic carbocycles. The van der Waals surface area contributed by atoms with E-state index >= 15 is 0 Å². The van der Waals surface area contributed by atoms with E-state index < -0.39 is 0 Å². The highest BCUT2D eigenvalue weighted by Gasteiger charge is 2.26. The molecule has 1 fully saturated rings. The van der Waals surface area contributed by atoms with Crippen LogP contribution < -0.4 is 15.2 Å². The highest BCUT2D eigenvalue weighted by Crippen LogP contribution is 2.31. The predicted octanol–water partition coefficient (Wildman–Crippen LogP) is 3.44. The Morgan fingerprint density at radius 1 is 1.16 bits per heavy atom. The van der Waals surface area contributed by atoms with Crippen LogP contribution in [-0.2, 0) is 13.6 Å². The second-order valence-electron chi connectivity index (χ2n) is 7.39. The van der Waals surface area contributed by atoms with Crippen LogP contribution in [0.2, 0.25) is 10.2 Å². The number of aryl methyl sites for hydroxylation is 1. The van der Waals surface area contributed by atoms with E-state index in [1.54, 1.807) is 26.3 Å². The van der Waals surface area contributed by atoms with Crippen molar-refractivity contribution in [3.8, 4) is 11.8 Å². The van der Waals surface area contributed by atoms with Gasteiger partial charge in [0.2, 0.25) is 0 Å². The summed E-state index contributed by atoms with van der Waals surface area (Å²) < 4.78 is 6.90. The zero-order chi connectivity index (χ0) is 22.1. The summed E-state index contributed by atoms with van der Waals surface area (Å²) in [6, 6.07) is 11.1. The van der Waals surface area contributed by atoms with Crippen LogP contribution in [0.4, 0.5) is 5.69 Å². The SMILES string of the molecule is COc1cccc(Cl)c1CN1CCN(c2c(C#N)c(=O)n(C)c3ccc(Cl)nc23)CC1. The number of benzene rings is 1. The molecule has 1 aromatic carbocycles. The molecule has 4 rings (SSSR count). The Kier molecular flexibility index (Phi) is 6.05. The minimum absolute atomic E-state index is 0.0889. The fourth-order valence-corrected chi connectivity index (χ4v) is 4.39. The van der Waals surface area contributed by atoms with Crippen LogP contribution >= 0.6 is 23.2 Å². The molecule has 0 radical (unpaired) electrons. The van der Waals surface area contributed by atoms with Crippen molar-refractivity contribution in [2.75, 3.05) is 38.2 Å². The lowest BCUT2D eigenvalue weighted by molar-refractivity contribution is 0.246. The van der Waals surface area contributed by atoms with Crippen LogP contribution in [0.1, 0.15) is 11.1 Å². The summed E-state index contributed by atoms with van der Waals surface area (Å²) in [5.41, 5.74) is 2.46. The van der Waals surface area contributed by atoms with Gasteiger partial charge in [0, 0.05) is 50.4 Å². The molecular formula is C22H21Cl2N5O2. The normalized spacial score (nSPS) is 14.6. The van der Waals surface area contributed by atoms with E-state index in [1.165, 1.54) is 4.57 Å². The Morgan fingerprint density at radius 3 is 2.58 bits per heavy atom. The van der Waals surface area contributed by atoms with Crippen molar-refractivity contribution in [2.24, 2.45) is 7.05 Å². The van der Waals surface area contributed by atoms with E-state index in [-0.39, 0.29) is 11.1 Å². The van der Waals surface area contributed by atoms with Gasteiger partial charge in [0.05, 0.1) is 18.3 Å². The van der Waals surface area contributed by atoms with Gasteiger partial charge in [0.15, 0.2) is 0 Å². The summed E-state index contributed by atoms with van der Waals surface area (Å²) in [4.78, 5) is 21.6. The number of piperazine rings is 1. The highest BCUT2D eigenvalue weighted by molar-refractivity contribution is 6.31. The summed E-state index contributed by atoms with van der Waals surface area (Å²) in [7, 11) is 3.27. The number of aromatic nitrogens is 2. The van der Waals surface area contributed by atoms with Gasteiger partial charge < -0.3 is 14.2 Å². The molecule has 0 atom stereocenters. The summed E-state index contributed by atoms with van der Waals surface area (Å²) in [5.74, 6) is 0.762. The first-order valence-corrected chi connectivity index (χ1v) is 10.6. The van der Waals surface area contributed by atoms with Crippen LogP contribution in [0, 0.1) is 11.3 Å². The third-order valence-corrected chi connectivity index (χ3v) is 6.22. The van der Waals surface area contributed by atoms with Gasteiger partial charge in [-0.25, -0.2) is 4.98 Å². The summed E-state index contributed by atoms with van der Waals surface area (Å²) in [6.07, 6.45) is 0. The molecule has 1 aliphatic rings. The first-order valence-electron chi connectivity index (χ1n) is 9.82. The zero-order valence-electron chi connectivity index (χ0n) is 17.2. The maximum absolute atomic E-state index is 12.8. The largest absolute Gasteiger partial charge is 0.496 e. The van der Waals surface area contributed by atoms with Crippen molar-refractivity contribution < 1.29 is 4.74 Å². The second kappa shape index (κ2) is 8.75. The molecule has 1 aliphatic heterocycles. The molecule has 3 heterocycles. The van der Waals surface area contributed by atoms with Crippen molar-refractivity contribution in [2.45, 2.75) is 6.54 Å². The molecular weight excluding hydrogens is 437 g/mol. The Hall–Kier alpha value is -2.79. The van der Waals surface area contributed by atoms with Crippen LogP contribution in [0.5, 0.6) is 5.75 Å². The Morgan fingerprint density at radius 2 is 1.90 bits per heavy atom. The van der Waals surface area contributed by atoms with Gasteiger partial charge in [-0.05, 0) is 24.3 Å². The number of pyridine rings is 2. The van der Waals surface area contributed by atoms with Gasteiger partial charge in [-0.1, -0.05) is 29.3 Å². The Balaban J connectivity index is 1.64. The molecule has 7 nitrogen and oxygen atoms in total. The standard InChI is InChI=1S/C22H21Cl2N5O2/c1-27-17-6-7-19(24)26-20(17)21(14(12-25)22(27)30)29-10-8-28(9-11-29)13-15-16(23)4-3-5-18(15)31-2/h3-7H,8-11,13H2,1-2H3. The molecule has 0 bridgehead atoms. The van der Waals surface area contributed by atoms with Gasteiger partial charge >= 0.3 is 0 Å². The summed E-state index contributed by atoms with van der Waals surface area (Å²) in [5, 5.41) is 10.7. The maximum atomic E-state index is 12.8. The number of halogens is 2. The number of hydrogen-bond donors (Lipinski definition) is 0. The topological polar surface area (TPSA) is 74.4 Å². The molecule has 0 amide bonds. The van der Waals surface area contributed by atoms with E-state index in [4.69, 9.17) is 27.9 Å². The maximum Gasteiger partial charge on any atom is 0.270 e. The lowest BCUT2D eigenvalue weighted by atomic mass is 10.1. The van der Waals surface area contributed by atoms with E-state index in [2.05, 4.69) is 16.0 Å². The number of fused-ring (bicyclic) bond motifs is 1. The zero-order valence-corrected chi connectivity index (χ0v) is 18.7. The van der Waals surface area contributed by atoms with Crippen molar-refractivity contribution in [3.63, 3.8) is 0 Å². The summed E-state index contributed by atoms with van der Waals surface area (Å²) >= 11 is 12.5. The summed E-state index contributed by atoms with van der Waals surface area (Å²) in [6.45, 7) is 3.39. The Bertz CT molecular complexity index is 1240. The molecule has 0 unspecified atom stereocenters. The number of methoxy groups -OCH3 is 1. The van der Waals surface area contributed by atoms with Crippen LogP contribution in [0.15, 0.2) is 35.1 Å². The van der Waals surface area contributed by atoms with Gasteiger partial charge in [0.25, 0.3) is 5.56 Å². The lowest BCUT2D eigenvalue weighted by Gasteiger charge is -2.37. The van der Waals surface area contributed by atoms with E-state index in [9.17, 15) is 10.1 Å². The van der Waals surface area contributed by atoms with E-state index in [0.29, 0.717) is 46.5 Å². The van der Waals surface area contributed by atoms with E-state index in [0.717, 1.165) is 24.4 Å². The quantitative estimate of drug-likeness (QED) is 0.558. The number of anilines is 1. The number of nitrogens with zero attached hydrogens (tertiary/aromatic N) is 5. The van der Waals surface area contributed by atoms with Crippen LogP contribution in [0.25, 0.3) is 11.0 Å². The van der Waals surface area contributed by atoms with Crippen molar-refractivity contribution in [1.29, 1.82) is 5.26 Å². The average molecular weight is 458 g/mol. The highest BCUT2D eigenvalue weighted by atomic mass is 35.5.